The van der Waals surface area contributed by atoms with Crippen molar-refractivity contribution in [2.24, 2.45) is 0 Å². The largest absolute Gasteiger partial charge is 0.397 e. The maximum Gasteiger partial charge on any atom is 0.256 e. The van der Waals surface area contributed by atoms with Gasteiger partial charge >= 0.3 is 0 Å². The number of likely N-dealkylation sites (tertiary alicyclic amines) is 1. The van der Waals surface area contributed by atoms with Crippen LogP contribution in [0.1, 0.15) is 23.2 Å². The van der Waals surface area contributed by atoms with Gasteiger partial charge in [0.15, 0.2) is 0 Å². The Morgan fingerprint density at radius 1 is 1.58 bits per heavy atom. The number of hydrogen-bond donors (Lipinski definition) is 2. The number of rotatable bonds is 2. The Hall–Kier alpha value is -1.82. The molecule has 2 rings (SSSR count). The summed E-state index contributed by atoms with van der Waals surface area (Å²) in [6, 6.07) is 0.988. The van der Waals surface area contributed by atoms with Crippen molar-refractivity contribution < 1.29 is 9.59 Å². The van der Waals surface area contributed by atoms with Crippen LogP contribution in [0.2, 0.25) is 5.15 Å². The van der Waals surface area contributed by atoms with Crippen LogP contribution in [-0.2, 0) is 4.79 Å². The van der Waals surface area contributed by atoms with E-state index in [0.29, 0.717) is 13.0 Å². The maximum absolute atomic E-state index is 12.4. The molecule has 1 unspecified atom stereocenters. The highest BCUT2D eigenvalue weighted by atomic mass is 35.5. The molecule has 1 aromatic heterocycles. The summed E-state index contributed by atoms with van der Waals surface area (Å²) in [7, 11) is 1.56. The van der Waals surface area contributed by atoms with Gasteiger partial charge in [-0.3, -0.25) is 9.59 Å². The smallest absolute Gasteiger partial charge is 0.256 e. The Morgan fingerprint density at radius 3 is 3.00 bits per heavy atom. The zero-order valence-electron chi connectivity index (χ0n) is 10.5. The van der Waals surface area contributed by atoms with E-state index in [1.54, 1.807) is 7.05 Å². The average Bonchev–Trinajstić information content (AvgIpc) is 2.89. The lowest BCUT2D eigenvalue weighted by molar-refractivity contribution is -0.124. The Kier molecular flexibility index (Phi) is 3.90. The average molecular weight is 283 g/mol. The topological polar surface area (TPSA) is 88.3 Å². The van der Waals surface area contributed by atoms with E-state index in [0.717, 1.165) is 6.42 Å². The van der Waals surface area contributed by atoms with Crippen LogP contribution in [0.4, 0.5) is 5.69 Å². The number of nitrogen functional groups attached to an aromatic ring is 1. The summed E-state index contributed by atoms with van der Waals surface area (Å²) in [5.74, 6) is -0.447. The van der Waals surface area contributed by atoms with Gasteiger partial charge in [0.1, 0.15) is 11.2 Å². The third-order valence-electron chi connectivity index (χ3n) is 3.19. The van der Waals surface area contributed by atoms with Crippen LogP contribution in [0.25, 0.3) is 0 Å². The fourth-order valence-electron chi connectivity index (χ4n) is 2.23. The number of pyridine rings is 1. The minimum absolute atomic E-state index is 0.162. The molecule has 0 aliphatic carbocycles. The Bertz CT molecular complexity index is 520. The fourth-order valence-corrected chi connectivity index (χ4v) is 2.39. The molecular weight excluding hydrogens is 268 g/mol. The second kappa shape index (κ2) is 5.44. The number of carbonyl (C=O) groups is 2. The van der Waals surface area contributed by atoms with E-state index in [9.17, 15) is 9.59 Å². The summed E-state index contributed by atoms with van der Waals surface area (Å²) >= 11 is 5.78. The summed E-state index contributed by atoms with van der Waals surface area (Å²) in [5.41, 5.74) is 6.29. The maximum atomic E-state index is 12.4. The van der Waals surface area contributed by atoms with E-state index >= 15 is 0 Å². The monoisotopic (exact) mass is 282 g/mol. The first-order valence-corrected chi connectivity index (χ1v) is 6.36. The molecule has 102 valence electrons. The number of likely N-dealkylation sites (N-methyl/N-ethyl adjacent to an activating group) is 1. The number of amides is 2. The number of nitrogens with two attached hydrogens (primary N) is 1. The number of anilines is 1. The van der Waals surface area contributed by atoms with Gasteiger partial charge in [-0.05, 0) is 18.9 Å². The SMILES string of the molecule is CNC(=O)C1CCCN1C(=O)c1cc(Cl)ncc1N. The molecule has 0 saturated carbocycles. The first kappa shape index (κ1) is 13.6. The van der Waals surface area contributed by atoms with Gasteiger partial charge in [0.25, 0.3) is 5.91 Å². The highest BCUT2D eigenvalue weighted by Crippen LogP contribution is 2.23. The molecule has 1 aliphatic heterocycles. The van der Waals surface area contributed by atoms with Crippen molar-refractivity contribution in [3.8, 4) is 0 Å². The Labute approximate surface area is 115 Å². The van der Waals surface area contributed by atoms with Crippen LogP contribution in [0, 0.1) is 0 Å². The van der Waals surface area contributed by atoms with Crippen LogP contribution >= 0.6 is 11.6 Å². The Balaban J connectivity index is 2.28. The molecule has 3 N–H and O–H groups in total. The van der Waals surface area contributed by atoms with Gasteiger partial charge < -0.3 is 16.0 Å². The van der Waals surface area contributed by atoms with Crippen molar-refractivity contribution in [2.45, 2.75) is 18.9 Å². The number of aromatic nitrogens is 1. The first-order valence-electron chi connectivity index (χ1n) is 5.98. The summed E-state index contributed by atoms with van der Waals surface area (Å²) < 4.78 is 0. The van der Waals surface area contributed by atoms with Crippen molar-refractivity contribution >= 4 is 29.1 Å². The molecule has 6 nitrogen and oxygen atoms in total. The standard InChI is InChI=1S/C12H15ClN4O2/c1-15-11(18)9-3-2-4-17(9)12(19)7-5-10(13)16-6-8(7)14/h5-6,9H,2-4,14H2,1H3,(H,15,18). The van der Waals surface area contributed by atoms with Crippen LogP contribution in [0.5, 0.6) is 0 Å². The van der Waals surface area contributed by atoms with Crippen LogP contribution < -0.4 is 11.1 Å². The van der Waals surface area contributed by atoms with E-state index in [2.05, 4.69) is 10.3 Å². The predicted octanol–water partition coefficient (Wildman–Crippen LogP) is 0.668. The molecule has 0 spiro atoms. The highest BCUT2D eigenvalue weighted by Gasteiger charge is 2.34. The molecule has 1 saturated heterocycles. The minimum Gasteiger partial charge on any atom is -0.397 e. The quantitative estimate of drug-likeness (QED) is 0.780. The zero-order valence-corrected chi connectivity index (χ0v) is 11.3. The van der Waals surface area contributed by atoms with Crippen molar-refractivity contribution in [1.82, 2.24) is 15.2 Å². The zero-order chi connectivity index (χ0) is 14.0. The van der Waals surface area contributed by atoms with E-state index < -0.39 is 6.04 Å². The molecule has 19 heavy (non-hydrogen) atoms. The second-order valence-electron chi connectivity index (χ2n) is 4.37. The van der Waals surface area contributed by atoms with E-state index in [1.165, 1.54) is 17.2 Å². The molecule has 0 radical (unpaired) electrons. The van der Waals surface area contributed by atoms with Gasteiger partial charge in [0, 0.05) is 13.6 Å². The summed E-state index contributed by atoms with van der Waals surface area (Å²) in [5, 5.41) is 2.77. The third-order valence-corrected chi connectivity index (χ3v) is 3.40. The van der Waals surface area contributed by atoms with Gasteiger partial charge in [0.2, 0.25) is 5.91 Å². The molecule has 0 aromatic carbocycles. The van der Waals surface area contributed by atoms with Gasteiger partial charge in [-0.25, -0.2) is 4.98 Å². The van der Waals surface area contributed by atoms with Crippen LogP contribution in [0.3, 0.4) is 0 Å². The van der Waals surface area contributed by atoms with Crippen LogP contribution in [-0.4, -0.2) is 41.3 Å². The van der Waals surface area contributed by atoms with E-state index in [1.807, 2.05) is 0 Å². The highest BCUT2D eigenvalue weighted by molar-refractivity contribution is 6.29. The Morgan fingerprint density at radius 2 is 2.32 bits per heavy atom. The summed E-state index contributed by atoms with van der Waals surface area (Å²) in [6.07, 6.45) is 2.80. The fraction of sp³-hybridized carbons (Fsp3) is 0.417. The normalized spacial score (nSPS) is 18.4. The summed E-state index contributed by atoms with van der Waals surface area (Å²) in [6.45, 7) is 0.538. The molecular formula is C12H15ClN4O2. The molecule has 1 atom stereocenters. The lowest BCUT2D eigenvalue weighted by atomic mass is 10.1. The lowest BCUT2D eigenvalue weighted by Crippen LogP contribution is -2.45. The lowest BCUT2D eigenvalue weighted by Gasteiger charge is -2.23. The molecule has 1 aromatic rings. The van der Waals surface area contributed by atoms with Crippen LogP contribution in [0.15, 0.2) is 12.3 Å². The number of nitrogens with one attached hydrogen (secondary N) is 1. The van der Waals surface area contributed by atoms with E-state index in [4.69, 9.17) is 17.3 Å². The number of halogens is 1. The van der Waals surface area contributed by atoms with E-state index in [-0.39, 0.29) is 28.2 Å². The predicted molar refractivity (Wildman–Crippen MR) is 71.8 cm³/mol. The number of carbonyl (C=O) groups excluding carboxylic acids is 2. The summed E-state index contributed by atoms with van der Waals surface area (Å²) in [4.78, 5) is 29.5. The van der Waals surface area contributed by atoms with Crippen molar-refractivity contribution in [3.63, 3.8) is 0 Å². The third kappa shape index (κ3) is 2.63. The van der Waals surface area contributed by atoms with Crippen molar-refractivity contribution in [1.29, 1.82) is 0 Å². The molecule has 1 fully saturated rings. The van der Waals surface area contributed by atoms with Gasteiger partial charge in [0.05, 0.1) is 17.4 Å². The van der Waals surface area contributed by atoms with Crippen molar-refractivity contribution in [3.05, 3.63) is 23.0 Å². The van der Waals surface area contributed by atoms with Gasteiger partial charge in [-0.2, -0.15) is 0 Å². The molecule has 2 amide bonds. The molecule has 2 heterocycles. The molecule has 0 bridgehead atoms. The first-order chi connectivity index (χ1) is 9.04. The molecule has 7 heteroatoms. The number of hydrogen-bond acceptors (Lipinski definition) is 4. The van der Waals surface area contributed by atoms with Gasteiger partial charge in [-0.1, -0.05) is 11.6 Å². The second-order valence-corrected chi connectivity index (χ2v) is 4.75. The molecule has 1 aliphatic rings. The van der Waals surface area contributed by atoms with Gasteiger partial charge in [-0.15, -0.1) is 0 Å². The minimum atomic E-state index is -0.441. The van der Waals surface area contributed by atoms with Crippen molar-refractivity contribution in [2.75, 3.05) is 19.3 Å². The number of nitrogens with zero attached hydrogens (tertiary/aromatic N) is 2.